The molecule has 6 heteroatoms. The number of carbonyl (C=O) groups is 3. The molecule has 0 aliphatic carbocycles. The van der Waals surface area contributed by atoms with E-state index in [0.717, 1.165) is 16.7 Å². The van der Waals surface area contributed by atoms with Crippen LogP contribution in [0.1, 0.15) is 43.5 Å². The molecule has 2 aromatic rings. The van der Waals surface area contributed by atoms with Gasteiger partial charge in [-0.25, -0.2) is 4.90 Å². The third kappa shape index (κ3) is 2.77. The molecule has 3 aliphatic heterocycles. The van der Waals surface area contributed by atoms with E-state index < -0.39 is 29.3 Å². The van der Waals surface area contributed by atoms with E-state index in [9.17, 15) is 14.4 Å². The highest BCUT2D eigenvalue weighted by molar-refractivity contribution is 6.24. The Hall–Kier alpha value is -3.28. The van der Waals surface area contributed by atoms with Crippen molar-refractivity contribution in [1.29, 1.82) is 0 Å². The van der Waals surface area contributed by atoms with Gasteiger partial charge in [0.25, 0.3) is 0 Å². The molecule has 0 aromatic heterocycles. The summed E-state index contributed by atoms with van der Waals surface area (Å²) in [7, 11) is 0. The first-order valence-corrected chi connectivity index (χ1v) is 10.6. The molecule has 0 unspecified atom stereocenters. The van der Waals surface area contributed by atoms with Crippen molar-refractivity contribution in [3.8, 4) is 0 Å². The summed E-state index contributed by atoms with van der Waals surface area (Å²) in [4.78, 5) is 42.1. The van der Waals surface area contributed by atoms with Gasteiger partial charge in [-0.2, -0.15) is 5.10 Å². The molecule has 2 fully saturated rings. The Morgan fingerprint density at radius 3 is 2.26 bits per heavy atom. The van der Waals surface area contributed by atoms with E-state index in [4.69, 9.17) is 0 Å². The van der Waals surface area contributed by atoms with Crippen LogP contribution in [0.2, 0.25) is 0 Å². The number of hydrogen-bond donors (Lipinski definition) is 0. The van der Waals surface area contributed by atoms with E-state index >= 15 is 0 Å². The van der Waals surface area contributed by atoms with Crippen LogP contribution in [0.15, 0.2) is 53.6 Å². The molecule has 3 aliphatic rings. The average molecular weight is 415 g/mol. The number of ketones is 1. The quantitative estimate of drug-likeness (QED) is 0.704. The smallest absolute Gasteiger partial charge is 0.240 e. The maximum atomic E-state index is 13.7. The molecule has 2 saturated heterocycles. The van der Waals surface area contributed by atoms with Crippen molar-refractivity contribution in [2.24, 2.45) is 22.4 Å². The molecule has 3 heterocycles. The van der Waals surface area contributed by atoms with Crippen LogP contribution in [0.3, 0.4) is 0 Å². The van der Waals surface area contributed by atoms with E-state index in [1.807, 2.05) is 64.1 Å². The maximum absolute atomic E-state index is 13.7. The molecule has 31 heavy (non-hydrogen) atoms. The van der Waals surface area contributed by atoms with E-state index in [2.05, 4.69) is 5.10 Å². The highest BCUT2D eigenvalue weighted by Gasteiger charge is 2.66. The van der Waals surface area contributed by atoms with Gasteiger partial charge in [0.05, 0.1) is 29.8 Å². The molecule has 0 spiro atoms. The molecule has 0 bridgehead atoms. The maximum Gasteiger partial charge on any atom is 0.240 e. The number of amides is 2. The number of hydrazone groups is 1. The van der Waals surface area contributed by atoms with Gasteiger partial charge in [-0.15, -0.1) is 0 Å². The van der Waals surface area contributed by atoms with Crippen LogP contribution < -0.4 is 4.90 Å². The lowest BCUT2D eigenvalue weighted by molar-refractivity contribution is -0.136. The first-order valence-electron chi connectivity index (χ1n) is 10.6. The molecule has 158 valence electrons. The molecule has 2 amide bonds. The van der Waals surface area contributed by atoms with Crippen molar-refractivity contribution in [2.75, 3.05) is 4.90 Å². The first kappa shape index (κ1) is 19.7. The number of hydrogen-bond acceptors (Lipinski definition) is 5. The number of fused-ring (bicyclic) bond motifs is 5. The molecule has 0 radical (unpaired) electrons. The largest absolute Gasteiger partial charge is 0.297 e. The number of rotatable bonds is 2. The lowest BCUT2D eigenvalue weighted by Crippen LogP contribution is -2.48. The summed E-state index contributed by atoms with van der Waals surface area (Å²) in [5.74, 6) is -2.06. The van der Waals surface area contributed by atoms with Crippen molar-refractivity contribution >= 4 is 29.5 Å². The second-order valence-electron chi connectivity index (χ2n) is 9.66. The summed E-state index contributed by atoms with van der Waals surface area (Å²) in [5, 5.41) is 6.29. The van der Waals surface area contributed by atoms with Crippen LogP contribution >= 0.6 is 0 Å². The summed E-state index contributed by atoms with van der Waals surface area (Å²) in [6, 6.07) is 13.9. The van der Waals surface area contributed by atoms with E-state index in [1.165, 1.54) is 4.90 Å². The Labute approximate surface area is 181 Å². The first-order chi connectivity index (χ1) is 14.7. The molecule has 2 aromatic carbocycles. The molecule has 0 N–H and O–H groups in total. The molecule has 6 nitrogen and oxygen atoms in total. The number of aryl methyl sites for hydroxylation is 1. The van der Waals surface area contributed by atoms with Crippen LogP contribution in [-0.2, 0) is 14.4 Å². The fraction of sp³-hybridized carbons (Fsp3) is 0.360. The zero-order valence-electron chi connectivity index (χ0n) is 18.1. The van der Waals surface area contributed by atoms with Crippen molar-refractivity contribution < 1.29 is 14.4 Å². The minimum Gasteiger partial charge on any atom is -0.297 e. The van der Waals surface area contributed by atoms with Crippen LogP contribution in [-0.4, -0.2) is 34.9 Å². The summed E-state index contributed by atoms with van der Waals surface area (Å²) in [5.41, 5.74) is 2.78. The van der Waals surface area contributed by atoms with Gasteiger partial charge in [0.15, 0.2) is 5.78 Å². The Morgan fingerprint density at radius 1 is 0.935 bits per heavy atom. The van der Waals surface area contributed by atoms with Gasteiger partial charge in [-0.05, 0) is 30.2 Å². The molecule has 0 saturated carbocycles. The minimum absolute atomic E-state index is 0.0755. The molecule has 4 atom stereocenters. The zero-order valence-corrected chi connectivity index (χ0v) is 18.1. The van der Waals surface area contributed by atoms with Gasteiger partial charge in [-0.3, -0.25) is 19.4 Å². The minimum atomic E-state index is -0.772. The molecule has 5 rings (SSSR count). The van der Waals surface area contributed by atoms with Gasteiger partial charge < -0.3 is 0 Å². The number of anilines is 1. The van der Waals surface area contributed by atoms with E-state index in [0.29, 0.717) is 5.69 Å². The van der Waals surface area contributed by atoms with Gasteiger partial charge in [0, 0.05) is 5.41 Å². The Kier molecular flexibility index (Phi) is 4.19. The van der Waals surface area contributed by atoms with Crippen molar-refractivity contribution in [3.63, 3.8) is 0 Å². The summed E-state index contributed by atoms with van der Waals surface area (Å²) < 4.78 is 0. The number of carbonyl (C=O) groups excluding carboxylic acids is 3. The van der Waals surface area contributed by atoms with Gasteiger partial charge >= 0.3 is 0 Å². The summed E-state index contributed by atoms with van der Waals surface area (Å²) in [6.45, 7) is 7.49. The fourth-order valence-corrected chi connectivity index (χ4v) is 5.06. The van der Waals surface area contributed by atoms with Crippen LogP contribution in [0.4, 0.5) is 5.69 Å². The lowest BCUT2D eigenvalue weighted by atomic mass is 9.79. The predicted molar refractivity (Wildman–Crippen MR) is 118 cm³/mol. The Bertz CT molecular complexity index is 1130. The van der Waals surface area contributed by atoms with Crippen molar-refractivity contribution in [1.82, 2.24) is 5.01 Å². The van der Waals surface area contributed by atoms with E-state index in [1.54, 1.807) is 23.4 Å². The van der Waals surface area contributed by atoms with Crippen LogP contribution in [0.25, 0.3) is 0 Å². The number of benzene rings is 2. The predicted octanol–water partition coefficient (Wildman–Crippen LogP) is 3.49. The van der Waals surface area contributed by atoms with Crippen LogP contribution in [0, 0.1) is 24.2 Å². The number of nitrogens with zero attached hydrogens (tertiary/aromatic N) is 3. The highest BCUT2D eigenvalue weighted by atomic mass is 16.2. The standard InChI is InChI=1S/C25H25N3O3/c1-14-9-11-16(12-10-14)27-23(30)18-19(24(27)31)21(22(29)25(2,3)4)28-20(18)17-8-6-5-7-15(17)13-26-28/h5-13,18-21H,1-4H3/t18-,19+,20+,21+/m0/s1. The van der Waals surface area contributed by atoms with Gasteiger partial charge in [0.2, 0.25) is 11.8 Å². The lowest BCUT2D eigenvalue weighted by Gasteiger charge is -2.35. The third-order valence-electron chi connectivity index (χ3n) is 6.59. The normalized spacial score (nSPS) is 26.7. The number of imide groups is 1. The fourth-order valence-electron chi connectivity index (χ4n) is 5.06. The van der Waals surface area contributed by atoms with Gasteiger partial charge in [-0.1, -0.05) is 62.7 Å². The molecular formula is C25H25N3O3. The average Bonchev–Trinajstić information content (AvgIpc) is 3.20. The second-order valence-corrected chi connectivity index (χ2v) is 9.66. The van der Waals surface area contributed by atoms with Crippen molar-refractivity contribution in [3.05, 3.63) is 65.2 Å². The zero-order chi connectivity index (χ0) is 22.1. The van der Waals surface area contributed by atoms with Crippen LogP contribution in [0.5, 0.6) is 0 Å². The Morgan fingerprint density at radius 2 is 1.58 bits per heavy atom. The highest BCUT2D eigenvalue weighted by Crippen LogP contribution is 2.53. The van der Waals surface area contributed by atoms with E-state index in [-0.39, 0.29) is 17.6 Å². The SMILES string of the molecule is Cc1ccc(N2C(=O)[C@@H]3[C@H](C2=O)[C@H]2c4ccccc4C=NN2[C@H]3C(=O)C(C)(C)C)cc1. The topological polar surface area (TPSA) is 70.1 Å². The monoisotopic (exact) mass is 415 g/mol. The summed E-state index contributed by atoms with van der Waals surface area (Å²) in [6.07, 6.45) is 1.72. The van der Waals surface area contributed by atoms with Gasteiger partial charge in [0.1, 0.15) is 6.04 Å². The Balaban J connectivity index is 1.66. The number of Topliss-reactive ketones (excluding diaryl/α,β-unsaturated/α-hetero) is 1. The summed E-state index contributed by atoms with van der Waals surface area (Å²) >= 11 is 0. The molecular weight excluding hydrogens is 390 g/mol. The van der Waals surface area contributed by atoms with Crippen molar-refractivity contribution in [2.45, 2.75) is 39.8 Å². The third-order valence-corrected chi connectivity index (χ3v) is 6.59. The second kappa shape index (κ2) is 6.61.